The lowest BCUT2D eigenvalue weighted by atomic mass is 10.5. The molecule has 45 heavy (non-hydrogen) atoms. The maximum Gasteiger partial charge on any atom is 0.336 e. The van der Waals surface area contributed by atoms with Crippen LogP contribution >= 0.6 is 0 Å². The molecule has 15 heteroatoms. The minimum atomic E-state index is -2.69. The molecule has 0 fully saturated rings. The second-order valence-corrected chi connectivity index (χ2v) is 22.1. The van der Waals surface area contributed by atoms with E-state index in [-0.39, 0.29) is 19.6 Å². The van der Waals surface area contributed by atoms with Gasteiger partial charge in [0.15, 0.2) is 0 Å². The lowest BCUT2D eigenvalue weighted by Gasteiger charge is -2.28. The fraction of sp³-hybridized carbons (Fsp3) is 0.900. The van der Waals surface area contributed by atoms with E-state index in [0.717, 1.165) is 38.5 Å². The highest BCUT2D eigenvalue weighted by molar-refractivity contribution is 6.66. The summed E-state index contributed by atoms with van der Waals surface area (Å²) in [4.78, 5) is 41.6. The molecule has 0 aromatic carbocycles. The average molecular weight is 694 g/mol. The van der Waals surface area contributed by atoms with E-state index in [1.807, 2.05) is 61.2 Å². The van der Waals surface area contributed by atoms with Crippen LogP contribution in [0.25, 0.3) is 0 Å². The Bertz CT molecular complexity index is 950. The van der Waals surface area contributed by atoms with Crippen LogP contribution in [0.15, 0.2) is 14.4 Å². The maximum absolute atomic E-state index is 13.9. The monoisotopic (exact) mass is 693 g/mol. The summed E-state index contributed by atoms with van der Waals surface area (Å²) in [5.74, 6) is 0. The van der Waals surface area contributed by atoms with Crippen LogP contribution in [0, 0.1) is 0 Å². The van der Waals surface area contributed by atoms with Crippen LogP contribution in [-0.2, 0) is 46.2 Å². The Morgan fingerprint density at radius 3 is 0.733 bits per heavy atom. The SMILES string of the molecule is CCCO[Si](C)(CCn1c(=O)n(CC[Si](C)(OCCC)OCCC)c(=O)n(CC[Si](C)(OCCC)OCCC)c1=O)OCCC. The molecule has 12 nitrogen and oxygen atoms in total. The molecule has 0 saturated heterocycles. The Hall–Kier alpha value is -1.18. The highest BCUT2D eigenvalue weighted by Gasteiger charge is 2.35. The second-order valence-electron chi connectivity index (χ2n) is 12.0. The zero-order chi connectivity index (χ0) is 33.9. The van der Waals surface area contributed by atoms with Crippen LogP contribution in [0.4, 0.5) is 0 Å². The summed E-state index contributed by atoms with van der Waals surface area (Å²) in [5, 5.41) is 0. The lowest BCUT2D eigenvalue weighted by molar-refractivity contribution is 0.170. The molecule has 1 heterocycles. The van der Waals surface area contributed by atoms with E-state index in [1.54, 1.807) is 0 Å². The summed E-state index contributed by atoms with van der Waals surface area (Å²) < 4.78 is 40.5. The summed E-state index contributed by atoms with van der Waals surface area (Å²) in [7, 11) is -8.06. The number of hydrogen-bond donors (Lipinski definition) is 0. The van der Waals surface area contributed by atoms with E-state index in [2.05, 4.69) is 0 Å². The van der Waals surface area contributed by atoms with Crippen molar-refractivity contribution >= 4 is 25.7 Å². The maximum atomic E-state index is 13.9. The molecule has 0 bridgehead atoms. The minimum absolute atomic E-state index is 0.0921. The first-order valence-electron chi connectivity index (χ1n) is 17.2. The molecule has 1 rings (SSSR count). The van der Waals surface area contributed by atoms with Crippen molar-refractivity contribution in [1.29, 1.82) is 0 Å². The lowest BCUT2D eigenvalue weighted by Crippen LogP contribution is -2.56. The topological polar surface area (TPSA) is 121 Å². The molecule has 0 aliphatic rings. The first-order valence-corrected chi connectivity index (χ1v) is 24.7. The van der Waals surface area contributed by atoms with Gasteiger partial charge in [-0.1, -0.05) is 41.5 Å². The summed E-state index contributed by atoms with van der Waals surface area (Å²) >= 11 is 0. The Balaban J connectivity index is 3.60. The predicted molar refractivity (Wildman–Crippen MR) is 186 cm³/mol. The first kappa shape index (κ1) is 41.8. The molecule has 0 aliphatic heterocycles. The van der Waals surface area contributed by atoms with Crippen LogP contribution < -0.4 is 17.1 Å². The number of hydrogen-bond acceptors (Lipinski definition) is 9. The molecule has 0 amide bonds. The number of rotatable bonds is 27. The molecule has 0 radical (unpaired) electrons. The fourth-order valence-corrected chi connectivity index (χ4v) is 11.5. The molecule has 0 saturated carbocycles. The third-order valence-electron chi connectivity index (χ3n) is 7.42. The van der Waals surface area contributed by atoms with Gasteiger partial charge in [0.1, 0.15) is 0 Å². The van der Waals surface area contributed by atoms with Crippen molar-refractivity contribution in [3.05, 3.63) is 31.5 Å². The van der Waals surface area contributed by atoms with Crippen molar-refractivity contribution in [3.63, 3.8) is 0 Å². The summed E-state index contributed by atoms with van der Waals surface area (Å²) in [6.07, 6.45) is 5.01. The van der Waals surface area contributed by atoms with Crippen LogP contribution in [-0.4, -0.2) is 79.0 Å². The van der Waals surface area contributed by atoms with E-state index >= 15 is 0 Å². The molecule has 0 atom stereocenters. The largest absolute Gasteiger partial charge is 0.394 e. The van der Waals surface area contributed by atoms with Crippen molar-refractivity contribution in [2.24, 2.45) is 0 Å². The van der Waals surface area contributed by atoms with Crippen LogP contribution in [0.1, 0.15) is 80.1 Å². The standard InChI is InChI=1S/C30H63N3O9Si3/c1-10-19-37-43(7,38-20-11-2)25-16-31-28(34)32(17-26-44(8,39-21-12-3)40-22-13-4)30(36)33(29(31)35)18-27-45(9,41-23-14-5)42-24-15-6/h10-27H2,1-9H3. The fourth-order valence-electron chi connectivity index (χ4n) is 4.67. The highest BCUT2D eigenvalue weighted by atomic mass is 28.4. The summed E-state index contributed by atoms with van der Waals surface area (Å²) in [6, 6.07) is 1.20. The molecule has 1 aromatic heterocycles. The van der Waals surface area contributed by atoms with Crippen molar-refractivity contribution in [3.8, 4) is 0 Å². The molecule has 0 N–H and O–H groups in total. The van der Waals surface area contributed by atoms with Crippen LogP contribution in [0.5, 0.6) is 0 Å². The van der Waals surface area contributed by atoms with E-state index in [9.17, 15) is 14.4 Å². The molecule has 1 aromatic rings. The summed E-state index contributed by atoms with van der Waals surface area (Å²) in [6.45, 7) is 21.6. The van der Waals surface area contributed by atoms with Gasteiger partial charge in [0.05, 0.1) is 0 Å². The quantitative estimate of drug-likeness (QED) is 0.118. The third kappa shape index (κ3) is 14.2. The average Bonchev–Trinajstić information content (AvgIpc) is 3.02. The number of nitrogens with zero attached hydrogens (tertiary/aromatic N) is 3. The van der Waals surface area contributed by atoms with Gasteiger partial charge < -0.3 is 26.6 Å². The molecule has 0 aliphatic carbocycles. The van der Waals surface area contributed by atoms with Gasteiger partial charge in [0.25, 0.3) is 0 Å². The zero-order valence-electron chi connectivity index (χ0n) is 29.7. The van der Waals surface area contributed by atoms with E-state index in [1.165, 1.54) is 13.7 Å². The normalized spacial score (nSPS) is 12.7. The van der Waals surface area contributed by atoms with E-state index < -0.39 is 42.8 Å². The second kappa shape index (κ2) is 21.6. The molecule has 264 valence electrons. The van der Waals surface area contributed by atoms with Crippen molar-refractivity contribution in [2.45, 2.75) is 137 Å². The van der Waals surface area contributed by atoms with Crippen molar-refractivity contribution in [1.82, 2.24) is 13.7 Å². The van der Waals surface area contributed by atoms with Crippen molar-refractivity contribution in [2.75, 3.05) is 39.6 Å². The van der Waals surface area contributed by atoms with Gasteiger partial charge >= 0.3 is 42.8 Å². The summed E-state index contributed by atoms with van der Waals surface area (Å²) in [5.41, 5.74) is -1.89. The Morgan fingerprint density at radius 2 is 0.578 bits per heavy atom. The Kier molecular flexibility index (Phi) is 20.1. The molecular formula is C30H63N3O9Si3. The predicted octanol–water partition coefficient (Wildman–Crippen LogP) is 4.95. The van der Waals surface area contributed by atoms with Gasteiger partial charge in [-0.15, -0.1) is 0 Å². The Morgan fingerprint density at radius 1 is 0.400 bits per heavy atom. The molecule has 0 spiro atoms. The molecular weight excluding hydrogens is 631 g/mol. The third-order valence-corrected chi connectivity index (χ3v) is 15.7. The van der Waals surface area contributed by atoms with Gasteiger partial charge in [-0.25, -0.2) is 28.1 Å². The van der Waals surface area contributed by atoms with E-state index in [0.29, 0.717) is 57.8 Å². The first-order chi connectivity index (χ1) is 21.4. The van der Waals surface area contributed by atoms with Gasteiger partial charge in [0.2, 0.25) is 0 Å². The van der Waals surface area contributed by atoms with Crippen LogP contribution in [0.2, 0.25) is 37.8 Å². The van der Waals surface area contributed by atoms with Gasteiger partial charge in [-0.2, -0.15) is 0 Å². The highest BCUT2D eigenvalue weighted by Crippen LogP contribution is 2.18. The smallest absolute Gasteiger partial charge is 0.336 e. The van der Waals surface area contributed by atoms with Gasteiger partial charge in [-0.3, -0.25) is 0 Å². The van der Waals surface area contributed by atoms with Crippen molar-refractivity contribution < 1.29 is 26.6 Å². The van der Waals surface area contributed by atoms with Crippen LogP contribution in [0.3, 0.4) is 0 Å². The minimum Gasteiger partial charge on any atom is -0.394 e. The van der Waals surface area contributed by atoms with Gasteiger partial charge in [0, 0.05) is 77.4 Å². The van der Waals surface area contributed by atoms with Gasteiger partial charge in [-0.05, 0) is 58.2 Å². The Labute approximate surface area is 274 Å². The number of aromatic nitrogens is 3. The van der Waals surface area contributed by atoms with E-state index in [4.69, 9.17) is 26.6 Å². The zero-order valence-corrected chi connectivity index (χ0v) is 32.7. The molecule has 0 unspecified atom stereocenters.